The fourth-order valence-corrected chi connectivity index (χ4v) is 4.28. The molecule has 0 aliphatic heterocycles. The van der Waals surface area contributed by atoms with Gasteiger partial charge in [0.1, 0.15) is 17.4 Å². The summed E-state index contributed by atoms with van der Waals surface area (Å²) in [5.41, 5.74) is 11.6. The van der Waals surface area contributed by atoms with Gasteiger partial charge < -0.3 is 25.0 Å². The van der Waals surface area contributed by atoms with Crippen LogP contribution in [0.15, 0.2) is 59.9 Å². The molecule has 0 saturated carbocycles. The third kappa shape index (κ3) is 3.50. The summed E-state index contributed by atoms with van der Waals surface area (Å²) in [5, 5.41) is 4.48. The maximum atomic E-state index is 12.6. The minimum Gasteiger partial charge on any atom is -0.443 e. The van der Waals surface area contributed by atoms with Gasteiger partial charge in [0.15, 0.2) is 23.4 Å². The Morgan fingerprint density at radius 3 is 2.97 bits per heavy atom. The monoisotopic (exact) mass is 472 g/mol. The van der Waals surface area contributed by atoms with E-state index >= 15 is 0 Å². The van der Waals surface area contributed by atoms with Gasteiger partial charge in [0, 0.05) is 21.7 Å². The number of hydrogen-bond donors (Lipinski definition) is 3. The molecule has 11 heteroatoms. The topological polar surface area (TPSA) is 141 Å². The number of aromatic nitrogens is 6. The molecule has 0 atom stereocenters. The number of imidazole rings is 1. The van der Waals surface area contributed by atoms with Crippen LogP contribution in [0.3, 0.4) is 0 Å². The number of benzene rings is 2. The molecular formula is C23H17ClN8O2. The number of oxazole rings is 1. The van der Waals surface area contributed by atoms with Crippen molar-refractivity contribution < 1.29 is 9.21 Å². The predicted molar refractivity (Wildman–Crippen MR) is 127 cm³/mol. The van der Waals surface area contributed by atoms with Crippen molar-refractivity contribution >= 4 is 56.5 Å². The summed E-state index contributed by atoms with van der Waals surface area (Å²) in [4.78, 5) is 32.7. The van der Waals surface area contributed by atoms with E-state index in [2.05, 4.69) is 30.2 Å². The Bertz CT molecular complexity index is 1700. The maximum absolute atomic E-state index is 12.6. The second kappa shape index (κ2) is 7.85. The zero-order chi connectivity index (χ0) is 23.2. The fraction of sp³-hybridized carbons (Fsp3) is 0.0870. The van der Waals surface area contributed by atoms with Gasteiger partial charge in [-0.05, 0) is 42.0 Å². The molecule has 0 fully saturated rings. The van der Waals surface area contributed by atoms with Crippen LogP contribution < -0.4 is 11.1 Å². The summed E-state index contributed by atoms with van der Waals surface area (Å²) >= 11 is 6.39. The molecule has 0 unspecified atom stereocenters. The summed E-state index contributed by atoms with van der Waals surface area (Å²) in [7, 11) is 0. The van der Waals surface area contributed by atoms with Gasteiger partial charge in [-0.2, -0.15) is 0 Å². The van der Waals surface area contributed by atoms with E-state index in [1.807, 2.05) is 22.8 Å². The Labute approximate surface area is 196 Å². The molecule has 0 saturated heterocycles. The lowest BCUT2D eigenvalue weighted by atomic mass is 10.1. The third-order valence-electron chi connectivity index (χ3n) is 5.63. The first-order chi connectivity index (χ1) is 16.5. The number of nitrogens with zero attached hydrogens (tertiary/aromatic N) is 5. The van der Waals surface area contributed by atoms with Crippen molar-refractivity contribution in [2.45, 2.75) is 13.1 Å². The molecule has 0 aliphatic carbocycles. The number of H-pyrrole nitrogens is 1. The van der Waals surface area contributed by atoms with E-state index in [0.717, 1.165) is 22.2 Å². The number of fused-ring (bicyclic) bond motifs is 3. The molecule has 168 valence electrons. The van der Waals surface area contributed by atoms with Crippen LogP contribution in [-0.2, 0) is 13.1 Å². The van der Waals surface area contributed by atoms with Crippen molar-refractivity contribution in [1.29, 1.82) is 0 Å². The number of aromatic amines is 1. The van der Waals surface area contributed by atoms with E-state index < -0.39 is 0 Å². The first-order valence-electron chi connectivity index (χ1n) is 10.4. The Hall–Kier alpha value is -4.44. The molecule has 6 rings (SSSR count). The van der Waals surface area contributed by atoms with E-state index in [1.54, 1.807) is 24.5 Å². The van der Waals surface area contributed by atoms with E-state index in [1.165, 1.54) is 12.7 Å². The highest BCUT2D eigenvalue weighted by Crippen LogP contribution is 2.27. The first-order valence-corrected chi connectivity index (χ1v) is 10.8. The highest BCUT2D eigenvalue weighted by molar-refractivity contribution is 6.31. The van der Waals surface area contributed by atoms with Gasteiger partial charge in [0.25, 0.3) is 5.91 Å². The second-order valence-corrected chi connectivity index (χ2v) is 8.28. The van der Waals surface area contributed by atoms with Crippen molar-refractivity contribution in [3.63, 3.8) is 0 Å². The Morgan fingerprint density at radius 1 is 1.15 bits per heavy atom. The van der Waals surface area contributed by atoms with Crippen molar-refractivity contribution in [3.8, 4) is 0 Å². The van der Waals surface area contributed by atoms with Gasteiger partial charge >= 0.3 is 0 Å². The number of carbonyl (C=O) groups excluding carboxylic acids is 1. The van der Waals surface area contributed by atoms with Crippen molar-refractivity contribution in [2.75, 3.05) is 5.73 Å². The second-order valence-electron chi connectivity index (χ2n) is 7.84. The number of nitrogens with two attached hydrogens (primary N) is 1. The average molecular weight is 473 g/mol. The fourth-order valence-electron chi connectivity index (χ4n) is 4.03. The summed E-state index contributed by atoms with van der Waals surface area (Å²) in [6, 6.07) is 10.9. The zero-order valence-corrected chi connectivity index (χ0v) is 18.4. The molecular weight excluding hydrogens is 456 g/mol. The van der Waals surface area contributed by atoms with Gasteiger partial charge in [-0.1, -0.05) is 11.6 Å². The summed E-state index contributed by atoms with van der Waals surface area (Å²) in [6.07, 6.45) is 4.45. The predicted octanol–water partition coefficient (Wildman–Crippen LogP) is 3.66. The lowest BCUT2D eigenvalue weighted by Gasteiger charge is -2.07. The van der Waals surface area contributed by atoms with Gasteiger partial charge in [-0.15, -0.1) is 0 Å². The lowest BCUT2D eigenvalue weighted by molar-refractivity contribution is 0.0950. The van der Waals surface area contributed by atoms with Crippen LogP contribution in [0.4, 0.5) is 5.82 Å². The van der Waals surface area contributed by atoms with Crippen LogP contribution in [0, 0.1) is 0 Å². The molecule has 4 aromatic heterocycles. The molecule has 10 nitrogen and oxygen atoms in total. The van der Waals surface area contributed by atoms with Gasteiger partial charge in [0.2, 0.25) is 0 Å². The van der Waals surface area contributed by atoms with E-state index in [9.17, 15) is 4.79 Å². The number of hydrogen-bond acceptors (Lipinski definition) is 7. The standard InChI is InChI=1S/C23H17ClN8O2/c24-15-3-13-5-16(7-26-23(33)12-1-2-17-18(6-12)34-11-30-17)31-19(13)14(4-15)8-32-10-29-20-21(25)27-9-28-22(20)32/h1-6,9-11,31H,7-8H2,(H,26,33)(H2,25,27,28). The van der Waals surface area contributed by atoms with Gasteiger partial charge in [-0.25, -0.2) is 19.9 Å². The number of rotatable bonds is 5. The molecule has 4 N–H and O–H groups in total. The summed E-state index contributed by atoms with van der Waals surface area (Å²) in [5.74, 6) is 0.123. The Morgan fingerprint density at radius 2 is 2.06 bits per heavy atom. The number of nitrogen functional groups attached to an aromatic ring is 1. The van der Waals surface area contributed by atoms with Crippen molar-refractivity contribution in [3.05, 3.63) is 77.3 Å². The number of amides is 1. The van der Waals surface area contributed by atoms with Crippen LogP contribution in [0.25, 0.3) is 33.2 Å². The van der Waals surface area contributed by atoms with Gasteiger partial charge in [-0.3, -0.25) is 4.79 Å². The minimum absolute atomic E-state index is 0.211. The maximum Gasteiger partial charge on any atom is 0.251 e. The molecule has 0 bridgehead atoms. The van der Waals surface area contributed by atoms with E-state index in [4.69, 9.17) is 21.8 Å². The van der Waals surface area contributed by atoms with Crippen LogP contribution in [0.2, 0.25) is 5.02 Å². The van der Waals surface area contributed by atoms with Crippen molar-refractivity contribution in [1.82, 2.24) is 34.8 Å². The van der Waals surface area contributed by atoms with Crippen LogP contribution in [0.5, 0.6) is 0 Å². The highest BCUT2D eigenvalue weighted by Gasteiger charge is 2.14. The molecule has 0 radical (unpaired) electrons. The lowest BCUT2D eigenvalue weighted by Crippen LogP contribution is -2.22. The van der Waals surface area contributed by atoms with Crippen LogP contribution in [0.1, 0.15) is 21.6 Å². The zero-order valence-electron chi connectivity index (χ0n) is 17.6. The normalized spacial score (nSPS) is 11.6. The molecule has 6 aromatic rings. The minimum atomic E-state index is -0.211. The Kier molecular flexibility index (Phi) is 4.66. The number of carbonyl (C=O) groups is 1. The Balaban J connectivity index is 1.26. The van der Waals surface area contributed by atoms with E-state index in [0.29, 0.717) is 51.8 Å². The molecule has 34 heavy (non-hydrogen) atoms. The van der Waals surface area contributed by atoms with Crippen LogP contribution >= 0.6 is 11.6 Å². The quantitative estimate of drug-likeness (QED) is 0.347. The average Bonchev–Trinajstić information content (AvgIpc) is 3.56. The van der Waals surface area contributed by atoms with Crippen LogP contribution in [-0.4, -0.2) is 35.4 Å². The number of anilines is 1. The SMILES string of the molecule is Nc1ncnc2c1ncn2Cc1cc(Cl)cc2cc(CNC(=O)c3ccc4ncoc4c3)[nH]c12. The van der Waals surface area contributed by atoms with Crippen molar-refractivity contribution in [2.24, 2.45) is 0 Å². The highest BCUT2D eigenvalue weighted by atomic mass is 35.5. The molecule has 1 amide bonds. The van der Waals surface area contributed by atoms with E-state index in [-0.39, 0.29) is 5.91 Å². The summed E-state index contributed by atoms with van der Waals surface area (Å²) < 4.78 is 7.17. The smallest absolute Gasteiger partial charge is 0.251 e. The molecule has 4 heterocycles. The largest absolute Gasteiger partial charge is 0.443 e. The summed E-state index contributed by atoms with van der Waals surface area (Å²) in [6.45, 7) is 0.796. The molecule has 2 aromatic carbocycles. The molecule has 0 spiro atoms. The third-order valence-corrected chi connectivity index (χ3v) is 5.85. The first kappa shape index (κ1) is 20.2. The van der Waals surface area contributed by atoms with Gasteiger partial charge in [0.05, 0.1) is 24.9 Å². The molecule has 0 aliphatic rings. The number of halogens is 1. The number of nitrogens with one attached hydrogen (secondary N) is 2.